The molecule has 28 heavy (non-hydrogen) atoms. The lowest BCUT2D eigenvalue weighted by Gasteiger charge is -2.14. The van der Waals surface area contributed by atoms with Gasteiger partial charge in [0.25, 0.3) is 11.8 Å². The molecule has 2 aromatic rings. The van der Waals surface area contributed by atoms with E-state index in [4.69, 9.17) is 21.4 Å². The minimum atomic E-state index is -1.14. The number of hydrazine groups is 1. The number of amides is 2. The second-order valence-corrected chi connectivity index (χ2v) is 7.15. The van der Waals surface area contributed by atoms with Crippen molar-refractivity contribution in [2.24, 2.45) is 0 Å². The van der Waals surface area contributed by atoms with E-state index in [0.717, 1.165) is 5.01 Å². The van der Waals surface area contributed by atoms with Gasteiger partial charge in [-0.1, -0.05) is 29.8 Å². The van der Waals surface area contributed by atoms with Gasteiger partial charge in [-0.25, -0.2) is 9.80 Å². The summed E-state index contributed by atoms with van der Waals surface area (Å²) in [6.07, 6.45) is 0.307. The van der Waals surface area contributed by atoms with Crippen molar-refractivity contribution in [1.29, 1.82) is 0 Å². The third kappa shape index (κ3) is 4.02. The number of carboxylic acid groups (broad SMARTS) is 1. The number of nitrogens with one attached hydrogen (secondary N) is 1. The molecule has 2 N–H and O–H groups in total. The molecule has 0 aromatic heterocycles. The van der Waals surface area contributed by atoms with Gasteiger partial charge in [-0.3, -0.25) is 15.0 Å². The number of carboxylic acids is 1. The smallest absolute Gasteiger partial charge is 0.344 e. The number of hydrogen-bond acceptors (Lipinski definition) is 4. The molecule has 0 aliphatic carbocycles. The van der Waals surface area contributed by atoms with Crippen molar-refractivity contribution in [3.05, 3.63) is 63.1 Å². The van der Waals surface area contributed by atoms with Gasteiger partial charge in [0.1, 0.15) is 5.57 Å². The van der Waals surface area contributed by atoms with Gasteiger partial charge in [0, 0.05) is 0 Å². The summed E-state index contributed by atoms with van der Waals surface area (Å²) in [7, 11) is 0. The number of halogens is 2. The number of hydrogen-bond donors (Lipinski definition) is 2. The molecule has 9 heteroatoms. The molecule has 144 valence electrons. The highest BCUT2D eigenvalue weighted by molar-refractivity contribution is 9.10. The average molecular weight is 466 g/mol. The van der Waals surface area contributed by atoms with Crippen molar-refractivity contribution in [2.45, 2.75) is 13.0 Å². The highest BCUT2D eigenvalue weighted by Crippen LogP contribution is 2.36. The van der Waals surface area contributed by atoms with E-state index in [9.17, 15) is 14.4 Å². The summed E-state index contributed by atoms with van der Waals surface area (Å²) in [6.45, 7) is 1.38. The molecular weight excluding hydrogens is 452 g/mol. The number of carbonyl (C=O) groups is 3. The van der Waals surface area contributed by atoms with Crippen LogP contribution in [0.3, 0.4) is 0 Å². The standard InChI is InChI=1S/C19H14BrClN2O5/c1-10(19(26)27)28-16-14(20)8-11(9-15(16)21)7-13-17(24)22-23(18(13)25)12-5-3-2-4-6-12/h2-10H,1H3,(H,22,24)(H,26,27). The number of anilines is 1. The van der Waals surface area contributed by atoms with E-state index in [1.54, 1.807) is 36.4 Å². The number of rotatable bonds is 5. The van der Waals surface area contributed by atoms with Crippen LogP contribution in [-0.4, -0.2) is 29.0 Å². The Bertz CT molecular complexity index is 970. The Hall–Kier alpha value is -2.84. The first-order valence-electron chi connectivity index (χ1n) is 8.08. The van der Waals surface area contributed by atoms with Crippen molar-refractivity contribution in [3.63, 3.8) is 0 Å². The predicted molar refractivity (Wildman–Crippen MR) is 107 cm³/mol. The molecule has 0 radical (unpaired) electrons. The summed E-state index contributed by atoms with van der Waals surface area (Å²) >= 11 is 9.47. The highest BCUT2D eigenvalue weighted by Gasteiger charge is 2.34. The molecule has 0 saturated carbocycles. The minimum absolute atomic E-state index is 0.0561. The zero-order valence-corrected chi connectivity index (χ0v) is 16.8. The maximum atomic E-state index is 12.6. The third-order valence-corrected chi connectivity index (χ3v) is 4.75. The zero-order chi connectivity index (χ0) is 20.4. The van der Waals surface area contributed by atoms with Crippen LogP contribution in [0, 0.1) is 0 Å². The first-order chi connectivity index (χ1) is 13.3. The SMILES string of the molecule is CC(Oc1c(Cl)cc(C=C2C(=O)NN(c3ccccc3)C2=O)cc1Br)C(=O)O. The summed E-state index contributed by atoms with van der Waals surface area (Å²) in [6, 6.07) is 11.8. The average Bonchev–Trinajstić information content (AvgIpc) is 2.93. The summed E-state index contributed by atoms with van der Waals surface area (Å²) in [5, 5.41) is 10.3. The van der Waals surface area contributed by atoms with E-state index < -0.39 is 23.9 Å². The minimum Gasteiger partial charge on any atom is -0.479 e. The molecular formula is C19H14BrClN2O5. The van der Waals surface area contributed by atoms with Gasteiger partial charge >= 0.3 is 5.97 Å². The first kappa shape index (κ1) is 19.9. The molecule has 0 spiro atoms. The van der Waals surface area contributed by atoms with E-state index in [2.05, 4.69) is 21.4 Å². The van der Waals surface area contributed by atoms with E-state index in [1.807, 2.05) is 0 Å². The van der Waals surface area contributed by atoms with Gasteiger partial charge in [0.05, 0.1) is 15.2 Å². The summed E-state index contributed by atoms with van der Waals surface area (Å²) in [4.78, 5) is 35.8. The molecule has 1 saturated heterocycles. The Balaban J connectivity index is 1.90. The van der Waals surface area contributed by atoms with Crippen LogP contribution in [0.1, 0.15) is 12.5 Å². The first-order valence-corrected chi connectivity index (χ1v) is 9.25. The van der Waals surface area contributed by atoms with Crippen LogP contribution >= 0.6 is 27.5 Å². The van der Waals surface area contributed by atoms with Crippen molar-refractivity contribution in [2.75, 3.05) is 5.01 Å². The number of para-hydroxylation sites is 1. The second kappa shape index (κ2) is 8.04. The van der Waals surface area contributed by atoms with Gasteiger partial charge in [-0.2, -0.15) is 0 Å². The quantitative estimate of drug-likeness (QED) is 0.521. The largest absolute Gasteiger partial charge is 0.479 e. The van der Waals surface area contributed by atoms with Crippen molar-refractivity contribution in [1.82, 2.24) is 5.43 Å². The predicted octanol–water partition coefficient (Wildman–Crippen LogP) is 3.42. The summed E-state index contributed by atoms with van der Waals surface area (Å²) < 4.78 is 5.72. The molecule has 1 aliphatic heterocycles. The van der Waals surface area contributed by atoms with E-state index in [-0.39, 0.29) is 16.3 Å². The fourth-order valence-corrected chi connectivity index (χ4v) is 3.44. The summed E-state index contributed by atoms with van der Waals surface area (Å²) in [5.74, 6) is -2.01. The third-order valence-electron chi connectivity index (χ3n) is 3.88. The molecule has 1 fully saturated rings. The molecule has 0 bridgehead atoms. The van der Waals surface area contributed by atoms with Gasteiger partial charge < -0.3 is 9.84 Å². The van der Waals surface area contributed by atoms with Crippen LogP contribution in [0.15, 0.2) is 52.5 Å². The Kier molecular flexibility index (Phi) is 5.71. The molecule has 3 rings (SSSR count). The van der Waals surface area contributed by atoms with Crippen LogP contribution < -0.4 is 15.2 Å². The van der Waals surface area contributed by atoms with Gasteiger partial charge in [-0.05, 0) is 58.8 Å². The lowest BCUT2D eigenvalue weighted by molar-refractivity contribution is -0.144. The lowest BCUT2D eigenvalue weighted by atomic mass is 10.1. The topological polar surface area (TPSA) is 95.9 Å². The van der Waals surface area contributed by atoms with Gasteiger partial charge in [0.15, 0.2) is 11.9 Å². The normalized spacial score (nSPS) is 16.2. The molecule has 2 amide bonds. The zero-order valence-electron chi connectivity index (χ0n) is 14.5. The van der Waals surface area contributed by atoms with Crippen LogP contribution in [-0.2, 0) is 14.4 Å². The van der Waals surface area contributed by atoms with E-state index >= 15 is 0 Å². The number of carbonyl (C=O) groups excluding carboxylic acids is 2. The van der Waals surface area contributed by atoms with Gasteiger partial charge in [0.2, 0.25) is 0 Å². The maximum absolute atomic E-state index is 12.6. The highest BCUT2D eigenvalue weighted by atomic mass is 79.9. The Morgan fingerprint density at radius 3 is 2.57 bits per heavy atom. The number of nitrogens with zero attached hydrogens (tertiary/aromatic N) is 1. The molecule has 2 aromatic carbocycles. The number of benzene rings is 2. The Morgan fingerprint density at radius 2 is 1.96 bits per heavy atom. The molecule has 1 atom stereocenters. The van der Waals surface area contributed by atoms with Crippen LogP contribution in [0.2, 0.25) is 5.02 Å². The number of aliphatic carboxylic acids is 1. The maximum Gasteiger partial charge on any atom is 0.344 e. The van der Waals surface area contributed by atoms with E-state index in [1.165, 1.54) is 19.1 Å². The molecule has 1 heterocycles. The monoisotopic (exact) mass is 464 g/mol. The van der Waals surface area contributed by atoms with Crippen molar-refractivity contribution >= 4 is 57.1 Å². The van der Waals surface area contributed by atoms with Crippen LogP contribution in [0.5, 0.6) is 5.75 Å². The number of ether oxygens (including phenoxy) is 1. The second-order valence-electron chi connectivity index (χ2n) is 5.89. The fourth-order valence-electron chi connectivity index (χ4n) is 2.49. The Labute approximate surface area is 173 Å². The fraction of sp³-hybridized carbons (Fsp3) is 0.105. The molecule has 7 nitrogen and oxygen atoms in total. The van der Waals surface area contributed by atoms with Crippen molar-refractivity contribution in [3.8, 4) is 5.75 Å². The van der Waals surface area contributed by atoms with Crippen molar-refractivity contribution < 1.29 is 24.2 Å². The van der Waals surface area contributed by atoms with Crippen LogP contribution in [0.4, 0.5) is 5.69 Å². The Morgan fingerprint density at radius 1 is 1.29 bits per heavy atom. The van der Waals surface area contributed by atoms with Crippen LogP contribution in [0.25, 0.3) is 6.08 Å². The molecule has 1 aliphatic rings. The van der Waals surface area contributed by atoms with E-state index in [0.29, 0.717) is 15.7 Å². The molecule has 1 unspecified atom stereocenters. The summed E-state index contributed by atoms with van der Waals surface area (Å²) in [5.41, 5.74) is 3.46. The lowest BCUT2D eigenvalue weighted by Crippen LogP contribution is -2.35. The van der Waals surface area contributed by atoms with Gasteiger partial charge in [-0.15, -0.1) is 0 Å².